The van der Waals surface area contributed by atoms with Gasteiger partial charge >= 0.3 is 0 Å². The van der Waals surface area contributed by atoms with Gasteiger partial charge in [0.2, 0.25) is 0 Å². The molecule has 4 nitrogen and oxygen atoms in total. The maximum absolute atomic E-state index is 13.0. The molecule has 3 aromatic rings. The lowest BCUT2D eigenvalue weighted by Crippen LogP contribution is -2.30. The third-order valence-electron chi connectivity index (χ3n) is 4.10. The summed E-state index contributed by atoms with van der Waals surface area (Å²) >= 11 is 1.39. The third kappa shape index (κ3) is 2.99. The maximum Gasteiger partial charge on any atom is 0.266 e. The number of anilines is 1. The fourth-order valence-electron chi connectivity index (χ4n) is 2.90. The van der Waals surface area contributed by atoms with E-state index in [9.17, 15) is 4.79 Å². The highest BCUT2D eigenvalue weighted by molar-refractivity contribution is 7.21. The Hall–Kier alpha value is -2.40. The van der Waals surface area contributed by atoms with Crippen molar-refractivity contribution < 1.29 is 4.79 Å². The zero-order valence-electron chi connectivity index (χ0n) is 14.2. The van der Waals surface area contributed by atoms with E-state index < -0.39 is 0 Å². The summed E-state index contributed by atoms with van der Waals surface area (Å²) in [4.78, 5) is 20.8. The third-order valence-corrected chi connectivity index (χ3v) is 5.19. The van der Waals surface area contributed by atoms with Crippen molar-refractivity contribution in [3.8, 4) is 0 Å². The first-order valence-corrected chi connectivity index (χ1v) is 8.82. The number of hydrogen-bond acceptors (Lipinski definition) is 4. The number of fused-ring (bicyclic) bond motifs is 1. The van der Waals surface area contributed by atoms with Crippen LogP contribution in [0.2, 0.25) is 0 Å². The Labute approximate surface area is 145 Å². The second-order valence-corrected chi connectivity index (χ2v) is 6.91. The van der Waals surface area contributed by atoms with Crippen molar-refractivity contribution in [3.63, 3.8) is 0 Å². The van der Waals surface area contributed by atoms with E-state index >= 15 is 0 Å². The van der Waals surface area contributed by atoms with Crippen molar-refractivity contribution >= 4 is 33.1 Å². The van der Waals surface area contributed by atoms with Crippen LogP contribution in [0, 0.1) is 13.8 Å². The molecular formula is C19H21N3OS. The maximum atomic E-state index is 13.0. The molecule has 0 saturated heterocycles. The molecule has 2 N–H and O–H groups in total. The van der Waals surface area contributed by atoms with Crippen LogP contribution in [0.15, 0.2) is 36.4 Å². The fourth-order valence-corrected chi connectivity index (χ4v) is 4.09. The van der Waals surface area contributed by atoms with Gasteiger partial charge in [0.15, 0.2) is 0 Å². The van der Waals surface area contributed by atoms with Crippen molar-refractivity contribution in [1.29, 1.82) is 0 Å². The van der Waals surface area contributed by atoms with Crippen molar-refractivity contribution in [2.45, 2.75) is 27.3 Å². The Kier molecular flexibility index (Phi) is 4.53. The summed E-state index contributed by atoms with van der Waals surface area (Å²) in [6.07, 6.45) is 0. The van der Waals surface area contributed by atoms with E-state index in [-0.39, 0.29) is 5.91 Å². The molecule has 0 aliphatic rings. The van der Waals surface area contributed by atoms with E-state index in [2.05, 4.69) is 4.98 Å². The van der Waals surface area contributed by atoms with Crippen molar-refractivity contribution in [3.05, 3.63) is 58.1 Å². The Morgan fingerprint density at radius 3 is 2.62 bits per heavy atom. The van der Waals surface area contributed by atoms with Crippen LogP contribution in [0.4, 0.5) is 5.69 Å². The average molecular weight is 339 g/mol. The summed E-state index contributed by atoms with van der Waals surface area (Å²) in [6.45, 7) is 7.16. The topological polar surface area (TPSA) is 59.2 Å². The molecule has 5 heteroatoms. The molecule has 1 aromatic carbocycles. The van der Waals surface area contributed by atoms with E-state index in [1.54, 1.807) is 0 Å². The van der Waals surface area contributed by atoms with E-state index in [4.69, 9.17) is 5.73 Å². The van der Waals surface area contributed by atoms with E-state index in [1.165, 1.54) is 11.3 Å². The zero-order valence-corrected chi connectivity index (χ0v) is 15.0. The second-order valence-electron chi connectivity index (χ2n) is 5.91. The summed E-state index contributed by atoms with van der Waals surface area (Å²) in [5.74, 6) is -0.0288. The molecule has 0 aliphatic carbocycles. The number of hydrogen-bond donors (Lipinski definition) is 1. The molecule has 2 aromatic heterocycles. The number of pyridine rings is 1. The van der Waals surface area contributed by atoms with Crippen LogP contribution in [0.5, 0.6) is 0 Å². The van der Waals surface area contributed by atoms with Crippen molar-refractivity contribution in [2.75, 3.05) is 12.3 Å². The molecule has 0 radical (unpaired) electrons. The van der Waals surface area contributed by atoms with Crippen LogP contribution in [-0.4, -0.2) is 22.3 Å². The summed E-state index contributed by atoms with van der Waals surface area (Å²) in [7, 11) is 0. The first-order chi connectivity index (χ1) is 11.5. The highest BCUT2D eigenvalue weighted by Crippen LogP contribution is 2.35. The molecule has 0 spiro atoms. The molecule has 0 saturated carbocycles. The largest absolute Gasteiger partial charge is 0.397 e. The molecule has 0 bridgehead atoms. The number of carbonyl (C=O) groups is 1. The summed E-state index contributed by atoms with van der Waals surface area (Å²) < 4.78 is 0. The van der Waals surface area contributed by atoms with Gasteiger partial charge in [0.25, 0.3) is 5.91 Å². The average Bonchev–Trinajstić information content (AvgIpc) is 2.89. The number of aryl methyl sites for hydroxylation is 2. The van der Waals surface area contributed by atoms with Crippen LogP contribution in [0.25, 0.3) is 10.2 Å². The summed E-state index contributed by atoms with van der Waals surface area (Å²) in [6, 6.07) is 12.0. The van der Waals surface area contributed by atoms with Gasteiger partial charge in [-0.25, -0.2) is 4.98 Å². The molecule has 124 valence electrons. The van der Waals surface area contributed by atoms with Gasteiger partial charge in [-0.3, -0.25) is 4.79 Å². The SMILES string of the molecule is CCN(Cc1ccccc1)C(=O)c1sc2nc(C)cc(C)c2c1N. The second kappa shape index (κ2) is 6.61. The van der Waals surface area contributed by atoms with Gasteiger partial charge in [-0.1, -0.05) is 30.3 Å². The number of aromatic nitrogens is 1. The first kappa shape index (κ1) is 16.5. The number of thiophene rings is 1. The quantitative estimate of drug-likeness (QED) is 0.776. The van der Waals surface area contributed by atoms with Crippen LogP contribution < -0.4 is 5.73 Å². The first-order valence-electron chi connectivity index (χ1n) is 8.00. The smallest absolute Gasteiger partial charge is 0.266 e. The van der Waals surface area contributed by atoms with Gasteiger partial charge in [0.1, 0.15) is 9.71 Å². The lowest BCUT2D eigenvalue weighted by molar-refractivity contribution is 0.0758. The highest BCUT2D eigenvalue weighted by Gasteiger charge is 2.23. The fraction of sp³-hybridized carbons (Fsp3) is 0.263. The standard InChI is InChI=1S/C19H21N3OS/c1-4-22(11-14-8-6-5-7-9-14)19(23)17-16(20)15-12(2)10-13(3)21-18(15)24-17/h5-10H,4,11,20H2,1-3H3. The molecule has 0 aliphatic heterocycles. The van der Waals surface area contributed by atoms with E-state index in [1.807, 2.05) is 62.1 Å². The summed E-state index contributed by atoms with van der Waals surface area (Å²) in [5.41, 5.74) is 9.97. The monoisotopic (exact) mass is 339 g/mol. The summed E-state index contributed by atoms with van der Waals surface area (Å²) in [5, 5.41) is 0.907. The van der Waals surface area contributed by atoms with Crippen LogP contribution >= 0.6 is 11.3 Å². The number of amides is 1. The number of nitrogen functional groups attached to an aromatic ring is 1. The number of nitrogens with two attached hydrogens (primary N) is 1. The van der Waals surface area contributed by atoms with Gasteiger partial charge in [-0.15, -0.1) is 11.3 Å². The number of nitrogens with zero attached hydrogens (tertiary/aromatic N) is 2. The molecule has 24 heavy (non-hydrogen) atoms. The van der Waals surface area contributed by atoms with Gasteiger partial charge < -0.3 is 10.6 Å². The minimum atomic E-state index is -0.0288. The van der Waals surface area contributed by atoms with Crippen LogP contribution in [0.1, 0.15) is 33.4 Å². The lowest BCUT2D eigenvalue weighted by Gasteiger charge is -2.20. The minimum Gasteiger partial charge on any atom is -0.397 e. The lowest BCUT2D eigenvalue weighted by atomic mass is 10.1. The van der Waals surface area contributed by atoms with Gasteiger partial charge in [0.05, 0.1) is 5.69 Å². The minimum absolute atomic E-state index is 0.0288. The Morgan fingerprint density at radius 2 is 1.96 bits per heavy atom. The molecule has 0 unspecified atom stereocenters. The Morgan fingerprint density at radius 1 is 1.25 bits per heavy atom. The highest BCUT2D eigenvalue weighted by atomic mass is 32.1. The van der Waals surface area contributed by atoms with Gasteiger partial charge in [-0.2, -0.15) is 0 Å². The predicted molar refractivity (Wildman–Crippen MR) is 100 cm³/mol. The number of carbonyl (C=O) groups excluding carboxylic acids is 1. The molecule has 0 fully saturated rings. The normalized spacial score (nSPS) is 11.0. The zero-order chi connectivity index (χ0) is 17.3. The van der Waals surface area contributed by atoms with Crippen molar-refractivity contribution in [2.24, 2.45) is 0 Å². The molecular weight excluding hydrogens is 318 g/mol. The van der Waals surface area contributed by atoms with Crippen LogP contribution in [-0.2, 0) is 6.54 Å². The van der Waals surface area contributed by atoms with Gasteiger partial charge in [0, 0.05) is 24.2 Å². The van der Waals surface area contributed by atoms with E-state index in [0.717, 1.165) is 27.0 Å². The molecule has 2 heterocycles. The van der Waals surface area contributed by atoms with Crippen LogP contribution in [0.3, 0.4) is 0 Å². The van der Waals surface area contributed by atoms with E-state index in [0.29, 0.717) is 23.7 Å². The van der Waals surface area contributed by atoms with Gasteiger partial charge in [-0.05, 0) is 38.0 Å². The number of benzene rings is 1. The Bertz CT molecular complexity index is 887. The van der Waals surface area contributed by atoms with Crippen molar-refractivity contribution in [1.82, 2.24) is 9.88 Å². The number of rotatable bonds is 4. The molecule has 3 rings (SSSR count). The predicted octanol–water partition coefficient (Wildman–Crippen LogP) is 4.16. The Balaban J connectivity index is 1.98. The molecule has 1 amide bonds. The molecule has 0 atom stereocenters.